The van der Waals surface area contributed by atoms with Crippen LogP contribution in [0.1, 0.15) is 19.8 Å². The molecule has 0 aliphatic rings. The number of hydrogen-bond donors (Lipinski definition) is 4. The van der Waals surface area contributed by atoms with Crippen molar-refractivity contribution in [3.05, 3.63) is 12.0 Å². The summed E-state index contributed by atoms with van der Waals surface area (Å²) in [6.45, 7) is 2.32. The minimum Gasteiger partial charge on any atom is -0.393 e. The number of hydrogen-bond acceptors (Lipinski definition) is 6. The summed E-state index contributed by atoms with van der Waals surface area (Å²) in [5.74, 6) is 4.77. The molecule has 1 heterocycles. The van der Waals surface area contributed by atoms with Crippen molar-refractivity contribution in [2.75, 3.05) is 17.3 Å². The summed E-state index contributed by atoms with van der Waals surface area (Å²) < 4.78 is 13.2. The van der Waals surface area contributed by atoms with Crippen LogP contribution in [0, 0.1) is 5.82 Å². The van der Waals surface area contributed by atoms with Crippen molar-refractivity contribution in [3.63, 3.8) is 0 Å². The monoisotopic (exact) mass is 229 g/mol. The number of aliphatic hydroxyl groups is 1. The Hall–Kier alpha value is -1.47. The molecule has 1 unspecified atom stereocenters. The van der Waals surface area contributed by atoms with Gasteiger partial charge in [-0.1, -0.05) is 6.92 Å². The van der Waals surface area contributed by atoms with Crippen molar-refractivity contribution in [2.45, 2.75) is 25.9 Å². The van der Waals surface area contributed by atoms with Gasteiger partial charge in [0.05, 0.1) is 12.3 Å². The molecule has 0 fully saturated rings. The number of halogens is 1. The SMILES string of the molecule is CCC(O)CCNc1nc(NN)ncc1F. The second-order valence-electron chi connectivity index (χ2n) is 3.31. The predicted molar refractivity (Wildman–Crippen MR) is 59.2 cm³/mol. The summed E-state index contributed by atoms with van der Waals surface area (Å²) in [6.07, 6.45) is 1.85. The van der Waals surface area contributed by atoms with E-state index in [1.165, 1.54) is 0 Å². The molecular formula is C9H16FN5O. The molecule has 0 aromatic carbocycles. The van der Waals surface area contributed by atoms with E-state index in [1.54, 1.807) is 0 Å². The van der Waals surface area contributed by atoms with Gasteiger partial charge in [0.25, 0.3) is 0 Å². The van der Waals surface area contributed by atoms with Crippen LogP contribution in [0.15, 0.2) is 6.20 Å². The summed E-state index contributed by atoms with van der Waals surface area (Å²) in [7, 11) is 0. The highest BCUT2D eigenvalue weighted by molar-refractivity contribution is 5.40. The number of aliphatic hydroxyl groups excluding tert-OH is 1. The van der Waals surface area contributed by atoms with Crippen LogP contribution in [0.5, 0.6) is 0 Å². The molecule has 0 saturated heterocycles. The van der Waals surface area contributed by atoms with E-state index in [-0.39, 0.29) is 17.9 Å². The summed E-state index contributed by atoms with van der Waals surface area (Å²) in [6, 6.07) is 0. The number of rotatable bonds is 6. The molecule has 90 valence electrons. The smallest absolute Gasteiger partial charge is 0.239 e. The van der Waals surface area contributed by atoms with Crippen molar-refractivity contribution in [2.24, 2.45) is 5.84 Å². The zero-order chi connectivity index (χ0) is 12.0. The first-order chi connectivity index (χ1) is 7.67. The van der Waals surface area contributed by atoms with Crippen LogP contribution in [0.4, 0.5) is 16.2 Å². The molecule has 1 atom stereocenters. The summed E-state index contributed by atoms with van der Waals surface area (Å²) in [5, 5.41) is 12.1. The van der Waals surface area contributed by atoms with Crippen LogP contribution in [-0.4, -0.2) is 27.7 Å². The Morgan fingerprint density at radius 3 is 3.00 bits per heavy atom. The van der Waals surface area contributed by atoms with E-state index in [2.05, 4.69) is 20.7 Å². The van der Waals surface area contributed by atoms with Gasteiger partial charge in [-0.3, -0.25) is 5.43 Å². The summed E-state index contributed by atoms with van der Waals surface area (Å²) in [4.78, 5) is 7.40. The molecule has 1 rings (SSSR count). The van der Waals surface area contributed by atoms with Crippen molar-refractivity contribution in [3.8, 4) is 0 Å². The molecule has 0 bridgehead atoms. The van der Waals surface area contributed by atoms with E-state index in [9.17, 15) is 9.50 Å². The molecule has 6 nitrogen and oxygen atoms in total. The Morgan fingerprint density at radius 2 is 2.38 bits per heavy atom. The first-order valence-corrected chi connectivity index (χ1v) is 5.08. The summed E-state index contributed by atoms with van der Waals surface area (Å²) >= 11 is 0. The highest BCUT2D eigenvalue weighted by Gasteiger charge is 2.06. The molecule has 0 radical (unpaired) electrons. The van der Waals surface area contributed by atoms with E-state index in [1.807, 2.05) is 6.92 Å². The maximum Gasteiger partial charge on any atom is 0.239 e. The van der Waals surface area contributed by atoms with E-state index >= 15 is 0 Å². The Kier molecular flexibility index (Phi) is 4.87. The second kappa shape index (κ2) is 6.19. The fourth-order valence-corrected chi connectivity index (χ4v) is 1.12. The lowest BCUT2D eigenvalue weighted by molar-refractivity contribution is 0.164. The van der Waals surface area contributed by atoms with Gasteiger partial charge < -0.3 is 10.4 Å². The van der Waals surface area contributed by atoms with Gasteiger partial charge in [-0.05, 0) is 12.8 Å². The largest absolute Gasteiger partial charge is 0.393 e. The Balaban J connectivity index is 2.52. The van der Waals surface area contributed by atoms with Gasteiger partial charge >= 0.3 is 0 Å². The Morgan fingerprint density at radius 1 is 1.62 bits per heavy atom. The molecule has 16 heavy (non-hydrogen) atoms. The topological polar surface area (TPSA) is 96.1 Å². The van der Waals surface area contributed by atoms with Crippen LogP contribution in [0.2, 0.25) is 0 Å². The number of nitrogen functional groups attached to an aromatic ring is 1. The first-order valence-electron chi connectivity index (χ1n) is 5.08. The van der Waals surface area contributed by atoms with Crippen molar-refractivity contribution in [1.82, 2.24) is 9.97 Å². The number of nitrogens with two attached hydrogens (primary N) is 1. The van der Waals surface area contributed by atoms with Crippen LogP contribution >= 0.6 is 0 Å². The third kappa shape index (κ3) is 3.59. The van der Waals surface area contributed by atoms with E-state index in [0.717, 1.165) is 6.20 Å². The van der Waals surface area contributed by atoms with Gasteiger partial charge in [-0.25, -0.2) is 15.2 Å². The average Bonchev–Trinajstić information content (AvgIpc) is 2.31. The molecule has 0 aliphatic carbocycles. The normalized spacial score (nSPS) is 12.2. The molecule has 0 saturated carbocycles. The van der Waals surface area contributed by atoms with Crippen LogP contribution in [0.3, 0.4) is 0 Å². The number of hydrazine groups is 1. The van der Waals surface area contributed by atoms with Crippen LogP contribution in [0.25, 0.3) is 0 Å². The third-order valence-corrected chi connectivity index (χ3v) is 2.11. The quantitative estimate of drug-likeness (QED) is 0.418. The van der Waals surface area contributed by atoms with E-state index < -0.39 is 5.82 Å². The molecule has 0 spiro atoms. The predicted octanol–water partition coefficient (Wildman–Crippen LogP) is 0.474. The number of nitrogens with zero attached hydrogens (tertiary/aromatic N) is 2. The number of aromatic nitrogens is 2. The molecule has 1 aromatic heterocycles. The van der Waals surface area contributed by atoms with Crippen molar-refractivity contribution in [1.29, 1.82) is 0 Å². The standard InChI is InChI=1S/C9H16FN5O/c1-2-6(16)3-4-12-8-7(10)5-13-9(14-8)15-11/h5-6,16H,2-4,11H2,1H3,(H2,12,13,14,15). The fourth-order valence-electron chi connectivity index (χ4n) is 1.12. The lowest BCUT2D eigenvalue weighted by Gasteiger charge is -2.10. The molecule has 0 amide bonds. The fraction of sp³-hybridized carbons (Fsp3) is 0.556. The number of nitrogens with one attached hydrogen (secondary N) is 2. The van der Waals surface area contributed by atoms with Crippen molar-refractivity contribution < 1.29 is 9.50 Å². The summed E-state index contributed by atoms with van der Waals surface area (Å²) in [5.41, 5.74) is 2.23. The molecule has 0 aliphatic heterocycles. The van der Waals surface area contributed by atoms with E-state index in [0.29, 0.717) is 19.4 Å². The van der Waals surface area contributed by atoms with Gasteiger partial charge in [0, 0.05) is 6.54 Å². The highest BCUT2D eigenvalue weighted by atomic mass is 19.1. The van der Waals surface area contributed by atoms with Gasteiger partial charge in [0.15, 0.2) is 11.6 Å². The van der Waals surface area contributed by atoms with Crippen LogP contribution < -0.4 is 16.6 Å². The highest BCUT2D eigenvalue weighted by Crippen LogP contribution is 2.11. The van der Waals surface area contributed by atoms with Gasteiger partial charge in [0.2, 0.25) is 5.95 Å². The van der Waals surface area contributed by atoms with Gasteiger partial charge in [-0.15, -0.1) is 0 Å². The molecule has 1 aromatic rings. The van der Waals surface area contributed by atoms with E-state index in [4.69, 9.17) is 5.84 Å². The lowest BCUT2D eigenvalue weighted by Crippen LogP contribution is -2.16. The second-order valence-corrected chi connectivity index (χ2v) is 3.31. The number of anilines is 2. The lowest BCUT2D eigenvalue weighted by atomic mass is 10.2. The molecular weight excluding hydrogens is 213 g/mol. The maximum absolute atomic E-state index is 13.2. The minimum absolute atomic E-state index is 0.0752. The average molecular weight is 229 g/mol. The van der Waals surface area contributed by atoms with Crippen molar-refractivity contribution >= 4 is 11.8 Å². The maximum atomic E-state index is 13.2. The zero-order valence-electron chi connectivity index (χ0n) is 9.07. The molecule has 7 heteroatoms. The molecule has 5 N–H and O–H groups in total. The Labute approximate surface area is 93.1 Å². The first kappa shape index (κ1) is 12.6. The minimum atomic E-state index is -0.551. The van der Waals surface area contributed by atoms with Crippen LogP contribution in [-0.2, 0) is 0 Å². The zero-order valence-corrected chi connectivity index (χ0v) is 9.07. The van der Waals surface area contributed by atoms with Gasteiger partial charge in [-0.2, -0.15) is 4.98 Å². The third-order valence-electron chi connectivity index (χ3n) is 2.11. The van der Waals surface area contributed by atoms with Gasteiger partial charge in [0.1, 0.15) is 0 Å². The Bertz CT molecular complexity index is 336.